The number of aliphatic imine (C=N–C) groups is 1. The van der Waals surface area contributed by atoms with Crippen LogP contribution in [0.5, 0.6) is 0 Å². The van der Waals surface area contributed by atoms with Crippen LogP contribution >= 0.6 is 11.6 Å². The van der Waals surface area contributed by atoms with E-state index in [1.54, 1.807) is 0 Å². The Labute approximate surface area is 104 Å². The van der Waals surface area contributed by atoms with Crippen LogP contribution in [0.4, 0.5) is 0 Å². The Morgan fingerprint density at radius 1 is 1.19 bits per heavy atom. The molecule has 2 rings (SSSR count). The maximum atomic E-state index is 5.87. The Balaban J connectivity index is 0.000000606. The van der Waals surface area contributed by atoms with Crippen LogP contribution in [0.15, 0.2) is 29.3 Å². The van der Waals surface area contributed by atoms with Gasteiger partial charge in [-0.2, -0.15) is 0 Å². The number of nitrogens with zero attached hydrogens (tertiary/aromatic N) is 1. The first kappa shape index (κ1) is 13.2. The molecule has 0 aliphatic heterocycles. The van der Waals surface area contributed by atoms with Gasteiger partial charge >= 0.3 is 0 Å². The highest BCUT2D eigenvalue weighted by molar-refractivity contribution is 6.30. The molecule has 1 saturated carbocycles. The van der Waals surface area contributed by atoms with Crippen molar-refractivity contribution in [2.75, 3.05) is 7.05 Å². The molecule has 0 heterocycles. The van der Waals surface area contributed by atoms with Crippen LogP contribution in [0.25, 0.3) is 0 Å². The summed E-state index contributed by atoms with van der Waals surface area (Å²) in [6.45, 7) is 4.00. The molecule has 0 spiro atoms. The Kier molecular flexibility index (Phi) is 5.01. The molecule has 0 amide bonds. The second-order valence-electron chi connectivity index (χ2n) is 3.90. The maximum absolute atomic E-state index is 5.87. The van der Waals surface area contributed by atoms with Crippen molar-refractivity contribution in [2.24, 2.45) is 4.99 Å². The Morgan fingerprint density at radius 2 is 1.75 bits per heavy atom. The van der Waals surface area contributed by atoms with E-state index in [-0.39, 0.29) is 5.41 Å². The van der Waals surface area contributed by atoms with Gasteiger partial charge in [-0.3, -0.25) is 4.99 Å². The first-order valence-electron chi connectivity index (χ1n) is 5.96. The van der Waals surface area contributed by atoms with Gasteiger partial charge in [0.2, 0.25) is 0 Å². The lowest BCUT2D eigenvalue weighted by Gasteiger charge is -2.39. The third-order valence-corrected chi connectivity index (χ3v) is 3.29. The summed E-state index contributed by atoms with van der Waals surface area (Å²) in [4.78, 5) is 4.17. The van der Waals surface area contributed by atoms with Gasteiger partial charge in [-0.25, -0.2) is 0 Å². The summed E-state index contributed by atoms with van der Waals surface area (Å²) in [5, 5.41) is 0.802. The maximum Gasteiger partial charge on any atom is 0.0406 e. The van der Waals surface area contributed by atoms with E-state index in [0.29, 0.717) is 0 Å². The minimum atomic E-state index is 0.208. The summed E-state index contributed by atoms with van der Waals surface area (Å²) in [6, 6.07) is 8.15. The summed E-state index contributed by atoms with van der Waals surface area (Å²) in [5.41, 5.74) is 1.55. The van der Waals surface area contributed by atoms with E-state index in [2.05, 4.69) is 23.3 Å². The Hall–Kier alpha value is -0.820. The van der Waals surface area contributed by atoms with Gasteiger partial charge in [0.25, 0.3) is 0 Å². The molecule has 88 valence electrons. The smallest absolute Gasteiger partial charge is 0.0406 e. The number of hydrogen-bond donors (Lipinski definition) is 0. The second kappa shape index (κ2) is 6.05. The van der Waals surface area contributed by atoms with Gasteiger partial charge in [-0.05, 0) is 30.5 Å². The van der Waals surface area contributed by atoms with E-state index in [0.717, 1.165) is 5.02 Å². The molecular formula is C14H20ClN. The molecule has 1 aliphatic carbocycles. The van der Waals surface area contributed by atoms with Crippen molar-refractivity contribution >= 4 is 17.8 Å². The van der Waals surface area contributed by atoms with E-state index in [4.69, 9.17) is 11.6 Å². The fourth-order valence-electron chi connectivity index (χ4n) is 2.08. The first-order valence-corrected chi connectivity index (χ1v) is 6.34. The van der Waals surface area contributed by atoms with Crippen LogP contribution in [0.3, 0.4) is 0 Å². The Bertz CT molecular complexity index is 336. The zero-order valence-corrected chi connectivity index (χ0v) is 11.1. The van der Waals surface area contributed by atoms with Crippen molar-refractivity contribution in [2.45, 2.75) is 38.5 Å². The van der Waals surface area contributed by atoms with Crippen LogP contribution in [-0.4, -0.2) is 13.3 Å². The van der Waals surface area contributed by atoms with Crippen LogP contribution < -0.4 is 0 Å². The van der Waals surface area contributed by atoms with Crippen LogP contribution in [0.1, 0.15) is 38.7 Å². The van der Waals surface area contributed by atoms with E-state index in [9.17, 15) is 0 Å². The quantitative estimate of drug-likeness (QED) is 0.673. The number of hydrogen-bond acceptors (Lipinski definition) is 1. The predicted octanol–water partition coefficient (Wildman–Crippen LogP) is 4.49. The van der Waals surface area contributed by atoms with Gasteiger partial charge in [-0.1, -0.05) is 44.0 Å². The highest BCUT2D eigenvalue weighted by Crippen LogP contribution is 2.42. The molecule has 1 aromatic rings. The summed E-state index contributed by atoms with van der Waals surface area (Å²) < 4.78 is 0. The van der Waals surface area contributed by atoms with Crippen molar-refractivity contribution in [3.05, 3.63) is 34.9 Å². The van der Waals surface area contributed by atoms with Gasteiger partial charge < -0.3 is 0 Å². The molecule has 0 unspecified atom stereocenters. The van der Waals surface area contributed by atoms with Gasteiger partial charge in [0.15, 0.2) is 0 Å². The van der Waals surface area contributed by atoms with Crippen LogP contribution in [0, 0.1) is 0 Å². The average molecular weight is 238 g/mol. The topological polar surface area (TPSA) is 12.4 Å². The van der Waals surface area contributed by atoms with Crippen molar-refractivity contribution in [1.82, 2.24) is 0 Å². The van der Waals surface area contributed by atoms with Gasteiger partial charge in [0.05, 0.1) is 0 Å². The van der Waals surface area contributed by atoms with E-state index < -0.39 is 0 Å². The highest BCUT2D eigenvalue weighted by Gasteiger charge is 2.36. The molecule has 0 aromatic heterocycles. The SMILES string of the molecule is CC.CN=CC1(c2ccc(Cl)cc2)CCC1. The van der Waals surface area contributed by atoms with E-state index in [1.165, 1.54) is 24.8 Å². The van der Waals surface area contributed by atoms with E-state index in [1.807, 2.05) is 33.0 Å². The largest absolute Gasteiger partial charge is 0.300 e. The van der Waals surface area contributed by atoms with Crippen LogP contribution in [0.2, 0.25) is 5.02 Å². The third kappa shape index (κ3) is 2.65. The first-order chi connectivity index (χ1) is 7.77. The van der Waals surface area contributed by atoms with Crippen LogP contribution in [-0.2, 0) is 5.41 Å². The molecule has 1 aromatic carbocycles. The summed E-state index contributed by atoms with van der Waals surface area (Å²) >= 11 is 5.87. The highest BCUT2D eigenvalue weighted by atomic mass is 35.5. The molecule has 0 radical (unpaired) electrons. The molecule has 1 nitrogen and oxygen atoms in total. The summed E-state index contributed by atoms with van der Waals surface area (Å²) in [6.07, 6.45) is 5.81. The lowest BCUT2D eigenvalue weighted by Crippen LogP contribution is -2.35. The van der Waals surface area contributed by atoms with Crippen molar-refractivity contribution in [3.8, 4) is 0 Å². The lowest BCUT2D eigenvalue weighted by atomic mass is 9.65. The predicted molar refractivity (Wildman–Crippen MR) is 72.7 cm³/mol. The van der Waals surface area contributed by atoms with E-state index >= 15 is 0 Å². The van der Waals surface area contributed by atoms with Gasteiger partial charge in [0, 0.05) is 23.7 Å². The fraction of sp³-hybridized carbons (Fsp3) is 0.500. The minimum Gasteiger partial charge on any atom is -0.300 e. The molecule has 0 bridgehead atoms. The summed E-state index contributed by atoms with van der Waals surface area (Å²) in [7, 11) is 1.84. The molecule has 0 saturated heterocycles. The lowest BCUT2D eigenvalue weighted by molar-refractivity contribution is 0.348. The molecule has 2 heteroatoms. The Morgan fingerprint density at radius 3 is 2.12 bits per heavy atom. The zero-order chi connectivity index (χ0) is 12.0. The molecule has 1 fully saturated rings. The van der Waals surface area contributed by atoms with Crippen molar-refractivity contribution in [1.29, 1.82) is 0 Å². The molecular weight excluding hydrogens is 218 g/mol. The average Bonchev–Trinajstić information content (AvgIpc) is 2.28. The third-order valence-electron chi connectivity index (χ3n) is 3.04. The standard InChI is InChI=1S/C12H14ClN.C2H6/c1-14-9-12(7-2-8-12)10-3-5-11(13)6-4-10;1-2/h3-6,9H,2,7-8H2,1H3;1-2H3. The van der Waals surface area contributed by atoms with Gasteiger partial charge in [-0.15, -0.1) is 0 Å². The summed E-state index contributed by atoms with van der Waals surface area (Å²) in [5.74, 6) is 0. The zero-order valence-electron chi connectivity index (χ0n) is 10.3. The molecule has 0 atom stereocenters. The van der Waals surface area contributed by atoms with Gasteiger partial charge in [0.1, 0.15) is 0 Å². The fourth-order valence-corrected chi connectivity index (χ4v) is 2.20. The number of rotatable bonds is 2. The monoisotopic (exact) mass is 237 g/mol. The number of benzene rings is 1. The van der Waals surface area contributed by atoms with Crippen molar-refractivity contribution < 1.29 is 0 Å². The molecule has 1 aliphatic rings. The molecule has 0 N–H and O–H groups in total. The molecule has 16 heavy (non-hydrogen) atoms. The number of halogens is 1. The second-order valence-corrected chi connectivity index (χ2v) is 4.34. The minimum absolute atomic E-state index is 0.208. The normalized spacial score (nSPS) is 17.5. The van der Waals surface area contributed by atoms with Crippen molar-refractivity contribution in [3.63, 3.8) is 0 Å².